The highest BCUT2D eigenvalue weighted by Gasteiger charge is 2.27. The number of nitrogens with zero attached hydrogens (tertiary/aromatic N) is 1. The Kier molecular flexibility index (Phi) is 2.61. The first-order valence-corrected chi connectivity index (χ1v) is 6.46. The predicted molar refractivity (Wildman–Crippen MR) is 64.2 cm³/mol. The Morgan fingerprint density at radius 2 is 2.18 bits per heavy atom. The predicted octanol–water partition coefficient (Wildman–Crippen LogP) is 3.00. The number of pyridine rings is 1. The lowest BCUT2D eigenvalue weighted by Gasteiger charge is -2.11. The molecule has 0 spiro atoms. The van der Waals surface area contributed by atoms with Crippen molar-refractivity contribution in [2.75, 3.05) is 0 Å². The van der Waals surface area contributed by atoms with E-state index in [2.05, 4.69) is 4.98 Å². The van der Waals surface area contributed by atoms with Gasteiger partial charge in [-0.3, -0.25) is 0 Å². The first-order valence-electron chi connectivity index (χ1n) is 6.46. The van der Waals surface area contributed by atoms with Crippen LogP contribution in [0.5, 0.6) is 0 Å². The zero-order valence-electron chi connectivity index (χ0n) is 9.85. The summed E-state index contributed by atoms with van der Waals surface area (Å²) in [5, 5.41) is 8.97. The van der Waals surface area contributed by atoms with Crippen LogP contribution >= 0.6 is 0 Å². The van der Waals surface area contributed by atoms with Crippen molar-refractivity contribution in [3.05, 3.63) is 29.1 Å². The third kappa shape index (κ3) is 2.19. The number of rotatable bonds is 4. The summed E-state index contributed by atoms with van der Waals surface area (Å²) in [6.45, 7) is 0. The summed E-state index contributed by atoms with van der Waals surface area (Å²) < 4.78 is 0. The van der Waals surface area contributed by atoms with E-state index in [4.69, 9.17) is 5.11 Å². The molecule has 1 aromatic heterocycles. The van der Waals surface area contributed by atoms with Crippen molar-refractivity contribution in [2.24, 2.45) is 5.92 Å². The standard InChI is InChI=1S/C14H17NO2/c16-14(17)13-7-12-10(4-3-9-1-2-9)5-6-11(12)8-15-13/h7-10H,1-6H2,(H,16,17)/t10-/m1/s1. The summed E-state index contributed by atoms with van der Waals surface area (Å²) in [5.74, 6) is 0.618. The first kappa shape index (κ1) is 10.8. The molecule has 0 bridgehead atoms. The van der Waals surface area contributed by atoms with Crippen molar-refractivity contribution in [1.82, 2.24) is 4.98 Å². The van der Waals surface area contributed by atoms with E-state index in [-0.39, 0.29) is 5.69 Å². The zero-order valence-corrected chi connectivity index (χ0v) is 9.85. The lowest BCUT2D eigenvalue weighted by molar-refractivity contribution is 0.0690. The smallest absolute Gasteiger partial charge is 0.354 e. The summed E-state index contributed by atoms with van der Waals surface area (Å²) in [4.78, 5) is 14.9. The topological polar surface area (TPSA) is 50.2 Å². The number of carboxylic acids is 1. The fourth-order valence-electron chi connectivity index (χ4n) is 2.83. The average Bonchev–Trinajstić information content (AvgIpc) is 3.06. The van der Waals surface area contributed by atoms with E-state index >= 15 is 0 Å². The third-order valence-corrected chi connectivity index (χ3v) is 4.06. The van der Waals surface area contributed by atoms with E-state index in [1.165, 1.54) is 43.2 Å². The molecule has 17 heavy (non-hydrogen) atoms. The molecule has 3 heteroatoms. The highest BCUT2D eigenvalue weighted by Crippen LogP contribution is 2.41. The summed E-state index contributed by atoms with van der Waals surface area (Å²) >= 11 is 0. The molecular formula is C14H17NO2. The summed E-state index contributed by atoms with van der Waals surface area (Å²) in [6, 6.07) is 1.79. The summed E-state index contributed by atoms with van der Waals surface area (Å²) in [6.07, 6.45) is 9.34. The van der Waals surface area contributed by atoms with Crippen LogP contribution in [0.3, 0.4) is 0 Å². The molecule has 0 aromatic carbocycles. The van der Waals surface area contributed by atoms with Crippen LogP contribution in [0.1, 0.15) is 59.6 Å². The Labute approximate surface area is 101 Å². The van der Waals surface area contributed by atoms with Crippen LogP contribution in [0.25, 0.3) is 0 Å². The van der Waals surface area contributed by atoms with Gasteiger partial charge >= 0.3 is 5.97 Å². The molecule has 0 radical (unpaired) electrons. The number of aromatic carboxylic acids is 1. The van der Waals surface area contributed by atoms with Crippen LogP contribution in [0.4, 0.5) is 0 Å². The Hall–Kier alpha value is -1.38. The minimum Gasteiger partial charge on any atom is -0.477 e. The van der Waals surface area contributed by atoms with Crippen molar-refractivity contribution in [1.29, 1.82) is 0 Å². The van der Waals surface area contributed by atoms with Gasteiger partial charge in [0.25, 0.3) is 0 Å². The van der Waals surface area contributed by atoms with E-state index in [0.717, 1.165) is 12.3 Å². The molecular weight excluding hydrogens is 214 g/mol. The van der Waals surface area contributed by atoms with Crippen LogP contribution in [-0.4, -0.2) is 16.1 Å². The molecule has 0 unspecified atom stereocenters. The SMILES string of the molecule is O=C(O)c1cc2c(cn1)CC[C@H]2CCC1CC1. The minimum absolute atomic E-state index is 0.196. The van der Waals surface area contributed by atoms with Gasteiger partial charge < -0.3 is 5.11 Å². The van der Waals surface area contributed by atoms with Crippen molar-refractivity contribution in [2.45, 2.75) is 44.4 Å². The van der Waals surface area contributed by atoms with Crippen molar-refractivity contribution in [3.8, 4) is 0 Å². The molecule has 1 atom stereocenters. The van der Waals surface area contributed by atoms with Crippen molar-refractivity contribution < 1.29 is 9.90 Å². The molecule has 1 saturated carbocycles. The lowest BCUT2D eigenvalue weighted by atomic mass is 9.95. The number of hydrogen-bond donors (Lipinski definition) is 1. The summed E-state index contributed by atoms with van der Waals surface area (Å²) in [7, 11) is 0. The van der Waals surface area contributed by atoms with Gasteiger partial charge in [-0.2, -0.15) is 0 Å². The molecule has 1 aromatic rings. The molecule has 1 heterocycles. The average molecular weight is 231 g/mol. The molecule has 1 fully saturated rings. The van der Waals surface area contributed by atoms with Gasteiger partial charge in [0.05, 0.1) is 0 Å². The monoisotopic (exact) mass is 231 g/mol. The number of hydrogen-bond acceptors (Lipinski definition) is 2. The number of carbonyl (C=O) groups is 1. The van der Waals surface area contributed by atoms with E-state index in [9.17, 15) is 4.79 Å². The Bertz CT molecular complexity index is 452. The molecule has 0 amide bonds. The molecule has 2 aliphatic rings. The van der Waals surface area contributed by atoms with E-state index in [0.29, 0.717) is 5.92 Å². The zero-order chi connectivity index (χ0) is 11.8. The second-order valence-electron chi connectivity index (χ2n) is 5.33. The number of fused-ring (bicyclic) bond motifs is 1. The van der Waals surface area contributed by atoms with Crippen molar-refractivity contribution in [3.63, 3.8) is 0 Å². The molecule has 0 saturated heterocycles. The quantitative estimate of drug-likeness (QED) is 0.866. The van der Waals surface area contributed by atoms with Gasteiger partial charge in [0, 0.05) is 6.20 Å². The molecule has 1 N–H and O–H groups in total. The third-order valence-electron chi connectivity index (χ3n) is 4.06. The largest absolute Gasteiger partial charge is 0.477 e. The minimum atomic E-state index is -0.916. The van der Waals surface area contributed by atoms with Crippen LogP contribution in [0.2, 0.25) is 0 Å². The van der Waals surface area contributed by atoms with Gasteiger partial charge in [-0.1, -0.05) is 12.8 Å². The fourth-order valence-corrected chi connectivity index (χ4v) is 2.83. The lowest BCUT2D eigenvalue weighted by Crippen LogP contribution is -2.03. The van der Waals surface area contributed by atoms with Gasteiger partial charge in [0.2, 0.25) is 0 Å². The normalized spacial score (nSPS) is 22.5. The molecule has 3 rings (SSSR count). The molecule has 0 aliphatic heterocycles. The fraction of sp³-hybridized carbons (Fsp3) is 0.571. The first-order chi connectivity index (χ1) is 8.24. The highest BCUT2D eigenvalue weighted by atomic mass is 16.4. The van der Waals surface area contributed by atoms with Crippen LogP contribution in [0.15, 0.2) is 12.3 Å². The van der Waals surface area contributed by atoms with E-state index < -0.39 is 5.97 Å². The maximum absolute atomic E-state index is 10.9. The van der Waals surface area contributed by atoms with Gasteiger partial charge in [-0.15, -0.1) is 0 Å². The van der Waals surface area contributed by atoms with Crippen molar-refractivity contribution >= 4 is 5.97 Å². The van der Waals surface area contributed by atoms with Gasteiger partial charge in [-0.25, -0.2) is 9.78 Å². The van der Waals surface area contributed by atoms with E-state index in [1.54, 1.807) is 12.3 Å². The molecule has 3 nitrogen and oxygen atoms in total. The number of carboxylic acid groups (broad SMARTS) is 1. The Morgan fingerprint density at radius 3 is 2.88 bits per heavy atom. The van der Waals surface area contributed by atoms with Crippen LogP contribution < -0.4 is 0 Å². The van der Waals surface area contributed by atoms with Gasteiger partial charge in [0.1, 0.15) is 5.69 Å². The second kappa shape index (κ2) is 4.13. The van der Waals surface area contributed by atoms with Crippen LogP contribution in [0, 0.1) is 5.92 Å². The van der Waals surface area contributed by atoms with E-state index in [1.807, 2.05) is 0 Å². The maximum Gasteiger partial charge on any atom is 0.354 e. The maximum atomic E-state index is 10.9. The summed E-state index contributed by atoms with van der Waals surface area (Å²) in [5.41, 5.74) is 2.70. The molecule has 2 aliphatic carbocycles. The Morgan fingerprint density at radius 1 is 1.35 bits per heavy atom. The Balaban J connectivity index is 1.78. The van der Waals surface area contributed by atoms with Crippen LogP contribution in [-0.2, 0) is 6.42 Å². The number of aryl methyl sites for hydroxylation is 1. The highest BCUT2D eigenvalue weighted by molar-refractivity contribution is 5.85. The van der Waals surface area contributed by atoms with Gasteiger partial charge in [0.15, 0.2) is 0 Å². The van der Waals surface area contributed by atoms with Gasteiger partial charge in [-0.05, 0) is 54.7 Å². The molecule has 90 valence electrons. The second-order valence-corrected chi connectivity index (χ2v) is 5.33. The number of aromatic nitrogens is 1.